The molecular formula is C41H72O6. The minimum absolute atomic E-state index is 0.113. The molecule has 0 aliphatic carbocycles. The van der Waals surface area contributed by atoms with Gasteiger partial charge in [0.2, 0.25) is 0 Å². The van der Waals surface area contributed by atoms with Gasteiger partial charge in [0.15, 0.2) is 6.10 Å². The van der Waals surface area contributed by atoms with Crippen molar-refractivity contribution in [3.8, 4) is 0 Å². The summed E-state index contributed by atoms with van der Waals surface area (Å²) < 4.78 is 10.5. The van der Waals surface area contributed by atoms with Crippen molar-refractivity contribution in [2.24, 2.45) is 0 Å². The molecule has 0 aliphatic rings. The van der Waals surface area contributed by atoms with E-state index in [9.17, 15) is 19.8 Å². The Balaban J connectivity index is 3.75. The lowest BCUT2D eigenvalue weighted by atomic mass is 10.0. The molecule has 0 rings (SSSR count). The molecule has 6 nitrogen and oxygen atoms in total. The van der Waals surface area contributed by atoms with E-state index < -0.39 is 18.2 Å². The van der Waals surface area contributed by atoms with Crippen molar-refractivity contribution in [2.75, 3.05) is 13.2 Å². The Morgan fingerprint density at radius 1 is 0.596 bits per heavy atom. The first kappa shape index (κ1) is 44.8. The van der Waals surface area contributed by atoms with Gasteiger partial charge in [-0.05, 0) is 44.9 Å². The molecule has 47 heavy (non-hydrogen) atoms. The summed E-state index contributed by atoms with van der Waals surface area (Å²) in [6.45, 7) is 3.98. The van der Waals surface area contributed by atoms with Crippen molar-refractivity contribution in [3.05, 3.63) is 48.6 Å². The molecule has 0 fully saturated rings. The molecule has 0 bridgehead atoms. The van der Waals surface area contributed by atoms with Gasteiger partial charge in [-0.15, -0.1) is 0 Å². The van der Waals surface area contributed by atoms with Gasteiger partial charge in [0.25, 0.3) is 0 Å². The number of allylic oxidation sites excluding steroid dienone is 6. The lowest BCUT2D eigenvalue weighted by Crippen LogP contribution is -2.28. The number of carbonyl (C=O) groups is 2. The van der Waals surface area contributed by atoms with Crippen LogP contribution in [0.5, 0.6) is 0 Å². The van der Waals surface area contributed by atoms with Crippen LogP contribution < -0.4 is 0 Å². The monoisotopic (exact) mass is 661 g/mol. The highest BCUT2D eigenvalue weighted by molar-refractivity contribution is 5.70. The molecule has 0 radical (unpaired) electrons. The minimum atomic E-state index is -0.830. The molecular weight excluding hydrogens is 588 g/mol. The number of hydrogen-bond acceptors (Lipinski definition) is 6. The molecule has 2 atom stereocenters. The summed E-state index contributed by atoms with van der Waals surface area (Å²) in [5.41, 5.74) is 0. The van der Waals surface area contributed by atoms with Crippen molar-refractivity contribution >= 4 is 11.9 Å². The highest BCUT2D eigenvalue weighted by Crippen LogP contribution is 2.14. The first-order valence-electron chi connectivity index (χ1n) is 19.3. The number of carbonyl (C=O) groups excluding carboxylic acids is 2. The fraction of sp³-hybridized carbons (Fsp3) is 0.756. The van der Waals surface area contributed by atoms with Gasteiger partial charge in [0, 0.05) is 12.8 Å². The summed E-state index contributed by atoms with van der Waals surface area (Å²) in [5, 5.41) is 19.6. The summed E-state index contributed by atoms with van der Waals surface area (Å²) >= 11 is 0. The summed E-state index contributed by atoms with van der Waals surface area (Å²) in [7, 11) is 0. The second kappa shape index (κ2) is 36.7. The number of aliphatic hydroxyl groups excluding tert-OH is 2. The molecule has 0 saturated heterocycles. The average Bonchev–Trinajstić information content (AvgIpc) is 3.07. The number of ether oxygens (including phenoxy) is 2. The second-order valence-electron chi connectivity index (χ2n) is 12.9. The maximum absolute atomic E-state index is 12.1. The molecule has 0 aromatic heterocycles. The number of hydrogen-bond donors (Lipinski definition) is 2. The predicted molar refractivity (Wildman–Crippen MR) is 197 cm³/mol. The zero-order valence-electron chi connectivity index (χ0n) is 30.4. The van der Waals surface area contributed by atoms with Crippen LogP contribution in [0.1, 0.15) is 174 Å². The van der Waals surface area contributed by atoms with E-state index in [2.05, 4.69) is 32.1 Å². The van der Waals surface area contributed by atoms with E-state index in [1.807, 2.05) is 24.3 Å². The lowest BCUT2D eigenvalue weighted by Gasteiger charge is -2.15. The molecule has 0 spiro atoms. The van der Waals surface area contributed by atoms with Crippen LogP contribution in [0.2, 0.25) is 0 Å². The second-order valence-corrected chi connectivity index (χ2v) is 12.9. The first-order chi connectivity index (χ1) is 23.0. The van der Waals surface area contributed by atoms with Gasteiger partial charge in [-0.1, -0.05) is 165 Å². The highest BCUT2D eigenvalue weighted by atomic mass is 16.6. The van der Waals surface area contributed by atoms with Crippen molar-refractivity contribution in [2.45, 2.75) is 187 Å². The van der Waals surface area contributed by atoms with Crippen molar-refractivity contribution in [3.63, 3.8) is 0 Å². The zero-order chi connectivity index (χ0) is 34.5. The number of esters is 2. The van der Waals surface area contributed by atoms with Crippen LogP contribution in [-0.2, 0) is 19.1 Å². The van der Waals surface area contributed by atoms with Crippen molar-refractivity contribution in [1.82, 2.24) is 0 Å². The Kier molecular flexibility index (Phi) is 35.0. The Morgan fingerprint density at radius 2 is 1.13 bits per heavy atom. The van der Waals surface area contributed by atoms with Crippen LogP contribution in [0.15, 0.2) is 48.6 Å². The SMILES string of the molecule is CCCCC/C=C\C/C=C\CC(O)/C=C\C=C\CCCC(=O)O[C@@H](CO)COC(=O)CCCCCCCCCCCCCCCCC. The summed E-state index contributed by atoms with van der Waals surface area (Å²) in [5.74, 6) is -0.719. The van der Waals surface area contributed by atoms with E-state index in [1.54, 1.807) is 6.08 Å². The Bertz CT molecular complexity index is 815. The maximum Gasteiger partial charge on any atom is 0.306 e. The molecule has 0 aromatic carbocycles. The molecule has 2 N–H and O–H groups in total. The zero-order valence-corrected chi connectivity index (χ0v) is 30.4. The lowest BCUT2D eigenvalue weighted by molar-refractivity contribution is -0.161. The van der Waals surface area contributed by atoms with Crippen LogP contribution in [0, 0.1) is 0 Å². The Hall–Kier alpha value is -2.18. The van der Waals surface area contributed by atoms with Crippen LogP contribution in [0.3, 0.4) is 0 Å². The smallest absolute Gasteiger partial charge is 0.306 e. The van der Waals surface area contributed by atoms with Crippen LogP contribution in [-0.4, -0.2) is 47.6 Å². The van der Waals surface area contributed by atoms with Gasteiger partial charge < -0.3 is 19.7 Å². The van der Waals surface area contributed by atoms with E-state index in [4.69, 9.17) is 9.47 Å². The van der Waals surface area contributed by atoms with Crippen molar-refractivity contribution in [1.29, 1.82) is 0 Å². The third kappa shape index (κ3) is 35.0. The fourth-order valence-corrected chi connectivity index (χ4v) is 5.21. The van der Waals surface area contributed by atoms with Gasteiger partial charge in [-0.2, -0.15) is 0 Å². The van der Waals surface area contributed by atoms with Gasteiger partial charge in [-0.3, -0.25) is 9.59 Å². The first-order valence-corrected chi connectivity index (χ1v) is 19.3. The van der Waals surface area contributed by atoms with E-state index >= 15 is 0 Å². The molecule has 272 valence electrons. The molecule has 0 aliphatic heterocycles. The molecule has 0 saturated carbocycles. The molecule has 0 amide bonds. The standard InChI is InChI=1S/C41H72O6/c1-3-5-7-9-11-13-14-15-16-17-18-20-22-26-30-34-40(44)46-37-39(36-42)47-41(45)35-31-27-23-25-29-33-38(43)32-28-24-21-19-12-10-8-6-4-2/h12,19,23-25,28-29,33,38-39,42-43H,3-11,13-18,20-22,26-27,30-32,34-37H2,1-2H3/b19-12-,25-23+,28-24-,33-29-/t38?,39-/m0/s1. The highest BCUT2D eigenvalue weighted by Gasteiger charge is 2.16. The fourth-order valence-electron chi connectivity index (χ4n) is 5.21. The number of unbranched alkanes of at least 4 members (excludes halogenated alkanes) is 18. The molecule has 0 aromatic rings. The Labute approximate surface area is 289 Å². The van der Waals surface area contributed by atoms with Crippen LogP contribution in [0.4, 0.5) is 0 Å². The van der Waals surface area contributed by atoms with Crippen LogP contribution in [0.25, 0.3) is 0 Å². The third-order valence-corrected chi connectivity index (χ3v) is 8.21. The molecule has 6 heteroatoms. The minimum Gasteiger partial charge on any atom is -0.462 e. The Morgan fingerprint density at radius 3 is 1.74 bits per heavy atom. The molecule has 1 unspecified atom stereocenters. The van der Waals surface area contributed by atoms with E-state index in [0.717, 1.165) is 32.1 Å². The van der Waals surface area contributed by atoms with E-state index in [-0.39, 0.29) is 25.6 Å². The van der Waals surface area contributed by atoms with Gasteiger partial charge in [-0.25, -0.2) is 0 Å². The van der Waals surface area contributed by atoms with Gasteiger partial charge in [0.1, 0.15) is 6.61 Å². The number of aliphatic hydroxyl groups is 2. The topological polar surface area (TPSA) is 93.1 Å². The van der Waals surface area contributed by atoms with Gasteiger partial charge in [0.05, 0.1) is 12.7 Å². The quantitative estimate of drug-likeness (QED) is 0.0309. The largest absolute Gasteiger partial charge is 0.462 e. The average molecular weight is 661 g/mol. The predicted octanol–water partition coefficient (Wildman–Crippen LogP) is 10.8. The van der Waals surface area contributed by atoms with E-state index in [1.165, 1.54) is 96.3 Å². The van der Waals surface area contributed by atoms with Crippen molar-refractivity contribution < 1.29 is 29.3 Å². The third-order valence-electron chi connectivity index (χ3n) is 8.21. The summed E-state index contributed by atoms with van der Waals surface area (Å²) in [6.07, 6.45) is 41.9. The summed E-state index contributed by atoms with van der Waals surface area (Å²) in [4.78, 5) is 24.2. The van der Waals surface area contributed by atoms with Gasteiger partial charge >= 0.3 is 11.9 Å². The maximum atomic E-state index is 12.1. The van der Waals surface area contributed by atoms with E-state index in [0.29, 0.717) is 25.7 Å². The van der Waals surface area contributed by atoms with Crippen LogP contribution >= 0.6 is 0 Å². The normalized spacial score (nSPS) is 13.4. The molecule has 0 heterocycles. The number of rotatable bonds is 34. The summed E-state index contributed by atoms with van der Waals surface area (Å²) in [6, 6.07) is 0.